The minimum atomic E-state index is -0.986. The van der Waals surface area contributed by atoms with E-state index < -0.39 is 5.79 Å². The van der Waals surface area contributed by atoms with Crippen LogP contribution in [-0.4, -0.2) is 60.0 Å². The van der Waals surface area contributed by atoms with Gasteiger partial charge in [0.05, 0.1) is 30.4 Å². The van der Waals surface area contributed by atoms with Crippen molar-refractivity contribution >= 4 is 11.8 Å². The van der Waals surface area contributed by atoms with Crippen LogP contribution in [0, 0.1) is 5.82 Å². The van der Waals surface area contributed by atoms with Crippen molar-refractivity contribution in [2.24, 2.45) is 0 Å². The van der Waals surface area contributed by atoms with Gasteiger partial charge in [-0.25, -0.2) is 4.39 Å². The number of unbranched alkanes of at least 4 members (excludes halogenated alkanes) is 1. The molecule has 2 saturated heterocycles. The molecule has 35 heavy (non-hydrogen) atoms. The summed E-state index contributed by atoms with van der Waals surface area (Å²) in [7, 11) is 0. The van der Waals surface area contributed by atoms with Crippen LogP contribution in [-0.2, 0) is 15.3 Å². The maximum atomic E-state index is 13.7. The molecule has 3 aliphatic heterocycles. The van der Waals surface area contributed by atoms with E-state index in [1.165, 1.54) is 17.0 Å². The monoisotopic (exact) mass is 480 g/mol. The van der Waals surface area contributed by atoms with Crippen molar-refractivity contribution in [1.29, 1.82) is 0 Å². The van der Waals surface area contributed by atoms with E-state index in [-0.39, 0.29) is 29.7 Å². The highest BCUT2D eigenvalue weighted by atomic mass is 19.1. The lowest BCUT2D eigenvalue weighted by Crippen LogP contribution is -2.59. The highest BCUT2D eigenvalue weighted by Gasteiger charge is 2.51. The first-order chi connectivity index (χ1) is 17.0. The first-order valence-corrected chi connectivity index (χ1v) is 12.8. The third kappa shape index (κ3) is 4.41. The fourth-order valence-electron chi connectivity index (χ4n) is 5.88. The van der Waals surface area contributed by atoms with Gasteiger partial charge in [0, 0.05) is 18.2 Å². The van der Waals surface area contributed by atoms with Gasteiger partial charge in [-0.05, 0) is 50.1 Å². The number of benzene rings is 2. The van der Waals surface area contributed by atoms with Crippen molar-refractivity contribution in [3.05, 3.63) is 71.0 Å². The number of fused-ring (bicyclic) bond motifs is 1. The van der Waals surface area contributed by atoms with Crippen LogP contribution in [0.1, 0.15) is 71.7 Å². The zero-order chi connectivity index (χ0) is 24.4. The van der Waals surface area contributed by atoms with E-state index in [1.807, 2.05) is 0 Å². The standard InChI is InChI=1S/C28H33FN2O4/c1-2-3-8-22(19-31-26(32)23-9-4-5-10-24(23)27(31)33)30-16-7-6-11-25(30)28(34-17-18-35-28)20-12-14-21(29)15-13-20/h4-5,9-10,12-15,22,25H,2-3,6-8,11,16-19H2,1H3. The second kappa shape index (κ2) is 10.2. The molecule has 7 heteroatoms. The van der Waals surface area contributed by atoms with E-state index in [0.29, 0.717) is 30.9 Å². The Morgan fingerprint density at radius 3 is 2.29 bits per heavy atom. The number of rotatable bonds is 8. The molecular weight excluding hydrogens is 447 g/mol. The zero-order valence-corrected chi connectivity index (χ0v) is 20.2. The van der Waals surface area contributed by atoms with Gasteiger partial charge < -0.3 is 9.47 Å². The maximum Gasteiger partial charge on any atom is 0.261 e. The Kier molecular flexibility index (Phi) is 7.00. The van der Waals surface area contributed by atoms with Crippen molar-refractivity contribution in [2.75, 3.05) is 26.3 Å². The Morgan fingerprint density at radius 1 is 1.00 bits per heavy atom. The second-order valence-electron chi connectivity index (χ2n) is 9.68. The Labute approximate surface area is 206 Å². The van der Waals surface area contributed by atoms with Gasteiger partial charge >= 0.3 is 0 Å². The lowest BCUT2D eigenvalue weighted by molar-refractivity contribution is -0.223. The number of amides is 2. The molecular formula is C28H33FN2O4. The zero-order valence-electron chi connectivity index (χ0n) is 20.2. The molecule has 2 unspecified atom stereocenters. The van der Waals surface area contributed by atoms with Crippen molar-refractivity contribution < 1.29 is 23.5 Å². The minimum absolute atomic E-state index is 0.0208. The maximum absolute atomic E-state index is 13.7. The number of hydrogen-bond donors (Lipinski definition) is 0. The molecule has 6 nitrogen and oxygen atoms in total. The molecule has 2 aromatic rings. The molecule has 3 heterocycles. The van der Waals surface area contributed by atoms with Crippen LogP contribution in [0.4, 0.5) is 4.39 Å². The average molecular weight is 481 g/mol. The van der Waals surface area contributed by atoms with Crippen LogP contribution >= 0.6 is 0 Å². The number of ether oxygens (including phenoxy) is 2. The topological polar surface area (TPSA) is 59.1 Å². The van der Waals surface area contributed by atoms with Gasteiger partial charge in [-0.2, -0.15) is 0 Å². The number of imide groups is 1. The number of hydrogen-bond acceptors (Lipinski definition) is 5. The Morgan fingerprint density at radius 2 is 1.66 bits per heavy atom. The molecule has 2 fully saturated rings. The van der Waals surface area contributed by atoms with Crippen LogP contribution in [0.25, 0.3) is 0 Å². The third-order valence-corrected chi connectivity index (χ3v) is 7.58. The van der Waals surface area contributed by atoms with Crippen molar-refractivity contribution in [1.82, 2.24) is 9.80 Å². The molecule has 0 N–H and O–H groups in total. The van der Waals surface area contributed by atoms with E-state index in [0.717, 1.165) is 50.6 Å². The summed E-state index contributed by atoms with van der Waals surface area (Å²) >= 11 is 0. The molecule has 5 rings (SSSR count). The Bertz CT molecular complexity index is 1030. The SMILES string of the molecule is CCCCC(CN1C(=O)c2ccccc2C1=O)N1CCCCC1C1(c2ccc(F)cc2)OCCO1. The van der Waals surface area contributed by atoms with Gasteiger partial charge in [-0.15, -0.1) is 0 Å². The van der Waals surface area contributed by atoms with Crippen molar-refractivity contribution in [3.63, 3.8) is 0 Å². The number of nitrogens with zero attached hydrogens (tertiary/aromatic N) is 2. The Hall–Kier alpha value is -2.61. The molecule has 0 saturated carbocycles. The van der Waals surface area contributed by atoms with Crippen LogP contribution in [0.15, 0.2) is 48.5 Å². The summed E-state index contributed by atoms with van der Waals surface area (Å²) in [5, 5.41) is 0. The number of likely N-dealkylation sites (tertiary alicyclic amines) is 1. The summed E-state index contributed by atoms with van der Waals surface area (Å²) < 4.78 is 26.4. The quantitative estimate of drug-likeness (QED) is 0.511. The van der Waals surface area contributed by atoms with Crippen molar-refractivity contribution in [2.45, 2.75) is 63.3 Å². The van der Waals surface area contributed by atoms with E-state index in [9.17, 15) is 14.0 Å². The molecule has 2 amide bonds. The first kappa shape index (κ1) is 24.1. The number of halogens is 1. The first-order valence-electron chi connectivity index (χ1n) is 12.8. The summed E-state index contributed by atoms with van der Waals surface area (Å²) in [6, 6.07) is 13.3. The molecule has 0 aliphatic carbocycles. The summed E-state index contributed by atoms with van der Waals surface area (Å²) in [5.74, 6) is -1.72. The minimum Gasteiger partial charge on any atom is -0.342 e. The summed E-state index contributed by atoms with van der Waals surface area (Å²) in [5.41, 5.74) is 1.77. The normalized spacial score (nSPS) is 23.0. The van der Waals surface area contributed by atoms with Crippen LogP contribution in [0.2, 0.25) is 0 Å². The summed E-state index contributed by atoms with van der Waals surface area (Å²) in [6.45, 7) is 4.26. The largest absolute Gasteiger partial charge is 0.342 e. The lowest BCUT2D eigenvalue weighted by Gasteiger charge is -2.48. The van der Waals surface area contributed by atoms with Gasteiger partial charge in [0.25, 0.3) is 11.8 Å². The summed E-state index contributed by atoms with van der Waals surface area (Å²) in [4.78, 5) is 30.1. The fourth-order valence-corrected chi connectivity index (χ4v) is 5.88. The van der Waals surface area contributed by atoms with Crippen molar-refractivity contribution in [3.8, 4) is 0 Å². The number of carbonyl (C=O) groups excluding carboxylic acids is 2. The molecule has 2 atom stereocenters. The fraction of sp³-hybridized carbons (Fsp3) is 0.500. The molecule has 0 aromatic heterocycles. The molecule has 186 valence electrons. The van der Waals surface area contributed by atoms with Crippen LogP contribution < -0.4 is 0 Å². The predicted molar refractivity (Wildman–Crippen MR) is 129 cm³/mol. The molecule has 0 spiro atoms. The molecule has 0 radical (unpaired) electrons. The number of piperidine rings is 1. The predicted octanol–water partition coefficient (Wildman–Crippen LogP) is 4.73. The number of carbonyl (C=O) groups is 2. The highest BCUT2D eigenvalue weighted by molar-refractivity contribution is 6.21. The van der Waals surface area contributed by atoms with Crippen LogP contribution in [0.3, 0.4) is 0 Å². The summed E-state index contributed by atoms with van der Waals surface area (Å²) in [6.07, 6.45) is 5.79. The Balaban J connectivity index is 1.46. The molecule has 3 aliphatic rings. The van der Waals surface area contributed by atoms with E-state index in [1.54, 1.807) is 36.4 Å². The van der Waals surface area contributed by atoms with Gasteiger partial charge in [0.15, 0.2) is 0 Å². The smallest absolute Gasteiger partial charge is 0.261 e. The third-order valence-electron chi connectivity index (χ3n) is 7.58. The van der Waals surface area contributed by atoms with Gasteiger partial charge in [-0.3, -0.25) is 19.4 Å². The van der Waals surface area contributed by atoms with Gasteiger partial charge in [0.2, 0.25) is 5.79 Å². The van der Waals surface area contributed by atoms with Gasteiger partial charge in [-0.1, -0.05) is 50.5 Å². The van der Waals surface area contributed by atoms with Gasteiger partial charge in [0.1, 0.15) is 5.82 Å². The average Bonchev–Trinajstić information content (AvgIpc) is 3.47. The van der Waals surface area contributed by atoms with E-state index in [4.69, 9.17) is 9.47 Å². The highest BCUT2D eigenvalue weighted by Crippen LogP contribution is 2.42. The van der Waals surface area contributed by atoms with E-state index in [2.05, 4.69) is 11.8 Å². The lowest BCUT2D eigenvalue weighted by atomic mass is 9.87. The molecule has 0 bridgehead atoms. The second-order valence-corrected chi connectivity index (χ2v) is 9.68. The van der Waals surface area contributed by atoms with E-state index >= 15 is 0 Å². The molecule has 2 aromatic carbocycles. The van der Waals surface area contributed by atoms with Crippen LogP contribution in [0.5, 0.6) is 0 Å².